The van der Waals surface area contributed by atoms with Gasteiger partial charge in [0.2, 0.25) is 0 Å². The van der Waals surface area contributed by atoms with E-state index in [0.29, 0.717) is 5.16 Å². The Balaban J connectivity index is 0.00000182. The number of para-hydroxylation sites is 2. The molecule has 1 aliphatic carbocycles. The van der Waals surface area contributed by atoms with Crippen molar-refractivity contribution in [2.75, 3.05) is 7.11 Å². The van der Waals surface area contributed by atoms with Crippen LogP contribution >= 0.6 is 0 Å². The van der Waals surface area contributed by atoms with E-state index in [0.717, 1.165) is 53.7 Å². The number of fused-ring (bicyclic) bond motifs is 2. The number of ether oxygens (including phenoxy) is 1. The first-order valence-corrected chi connectivity index (χ1v) is 9.31. The van der Waals surface area contributed by atoms with E-state index in [2.05, 4.69) is 15.0 Å². The molecular formula is C18H18N3NaO2S. The maximum absolute atomic E-state index is 13.2. The molecule has 3 aromatic rings. The van der Waals surface area contributed by atoms with Gasteiger partial charge in [0.05, 0.1) is 28.9 Å². The third-order valence-corrected chi connectivity index (χ3v) is 5.98. The predicted molar refractivity (Wildman–Crippen MR) is 92.6 cm³/mol. The number of methoxy groups -OCH3 is 1. The molecule has 2 aromatic heterocycles. The molecule has 1 aromatic carbocycles. The monoisotopic (exact) mass is 363 g/mol. The zero-order chi connectivity index (χ0) is 16.5. The van der Waals surface area contributed by atoms with E-state index in [1.807, 2.05) is 30.3 Å². The summed E-state index contributed by atoms with van der Waals surface area (Å²) in [5.74, 6) is 0.831. The van der Waals surface area contributed by atoms with Crippen molar-refractivity contribution in [1.29, 1.82) is 0 Å². The minimum absolute atomic E-state index is 0. The van der Waals surface area contributed by atoms with E-state index in [-0.39, 0.29) is 34.8 Å². The topological polar surface area (TPSA) is 66.2 Å². The second-order valence-corrected chi connectivity index (χ2v) is 7.43. The molecule has 0 amide bonds. The minimum atomic E-state index is -1.33. The number of rotatable bonds is 3. The molecule has 5 nitrogen and oxygen atoms in total. The van der Waals surface area contributed by atoms with Gasteiger partial charge in [-0.2, -0.15) is 0 Å². The summed E-state index contributed by atoms with van der Waals surface area (Å²) in [6.07, 6.45) is 5.52. The quantitative estimate of drug-likeness (QED) is 0.490. The van der Waals surface area contributed by atoms with Crippen LogP contribution in [0.4, 0.5) is 0 Å². The summed E-state index contributed by atoms with van der Waals surface area (Å²) in [6.45, 7) is 0. The SMILES string of the molecule is COc1ccnc2c1CCCC[C@@H]2S(=O)c1nc2ccccc2[n-]1.[Na+]. The Bertz CT molecular complexity index is 879. The third-order valence-electron chi connectivity index (χ3n) is 4.47. The van der Waals surface area contributed by atoms with Crippen LogP contribution in [0.15, 0.2) is 41.7 Å². The Labute approximate surface area is 171 Å². The largest absolute Gasteiger partial charge is 1.00 e. The van der Waals surface area contributed by atoms with Gasteiger partial charge < -0.3 is 14.7 Å². The van der Waals surface area contributed by atoms with Crippen LogP contribution in [0.1, 0.15) is 35.8 Å². The van der Waals surface area contributed by atoms with Gasteiger partial charge in [0.25, 0.3) is 0 Å². The Morgan fingerprint density at radius 3 is 2.88 bits per heavy atom. The third kappa shape index (κ3) is 3.53. The van der Waals surface area contributed by atoms with E-state index in [4.69, 9.17) is 4.74 Å². The fourth-order valence-corrected chi connectivity index (χ4v) is 4.71. The zero-order valence-electron chi connectivity index (χ0n) is 14.4. The Morgan fingerprint density at radius 2 is 2.08 bits per heavy atom. The van der Waals surface area contributed by atoms with Gasteiger partial charge in [-0.3, -0.25) is 9.19 Å². The van der Waals surface area contributed by atoms with E-state index in [1.54, 1.807) is 13.3 Å². The van der Waals surface area contributed by atoms with Crippen molar-refractivity contribution in [3.05, 3.63) is 47.8 Å². The number of imidazole rings is 1. The summed E-state index contributed by atoms with van der Waals surface area (Å²) >= 11 is 0. The number of hydrogen-bond acceptors (Lipinski definition) is 4. The van der Waals surface area contributed by atoms with Gasteiger partial charge in [-0.15, -0.1) is 0 Å². The van der Waals surface area contributed by atoms with E-state index >= 15 is 0 Å². The van der Waals surface area contributed by atoms with Crippen LogP contribution in [-0.4, -0.2) is 21.3 Å². The van der Waals surface area contributed by atoms with Crippen LogP contribution < -0.4 is 39.3 Å². The van der Waals surface area contributed by atoms with Crippen LogP contribution in [0.2, 0.25) is 0 Å². The number of aromatic nitrogens is 3. The fraction of sp³-hybridized carbons (Fsp3) is 0.333. The molecule has 0 bridgehead atoms. The molecule has 2 atom stereocenters. The summed E-state index contributed by atoms with van der Waals surface area (Å²) in [5, 5.41) is 0.216. The number of nitrogens with zero attached hydrogens (tertiary/aromatic N) is 3. The van der Waals surface area contributed by atoms with Crippen molar-refractivity contribution in [1.82, 2.24) is 15.0 Å². The van der Waals surface area contributed by atoms with Gasteiger partial charge in [-0.1, -0.05) is 30.7 Å². The van der Waals surface area contributed by atoms with E-state index in [1.165, 1.54) is 0 Å². The first-order chi connectivity index (χ1) is 11.8. The maximum Gasteiger partial charge on any atom is 1.00 e. The van der Waals surface area contributed by atoms with Gasteiger partial charge in [0.15, 0.2) is 0 Å². The van der Waals surface area contributed by atoms with Crippen LogP contribution in [0.3, 0.4) is 0 Å². The average molecular weight is 363 g/mol. The van der Waals surface area contributed by atoms with Crippen molar-refractivity contribution in [2.45, 2.75) is 36.1 Å². The Morgan fingerprint density at radius 1 is 1.24 bits per heavy atom. The van der Waals surface area contributed by atoms with Gasteiger partial charge in [-0.25, -0.2) is 0 Å². The van der Waals surface area contributed by atoms with Gasteiger partial charge >= 0.3 is 29.6 Å². The molecule has 0 N–H and O–H groups in total. The van der Waals surface area contributed by atoms with Gasteiger partial charge in [0.1, 0.15) is 5.75 Å². The summed E-state index contributed by atoms with van der Waals surface area (Å²) in [5.41, 5.74) is 3.52. The summed E-state index contributed by atoms with van der Waals surface area (Å²) in [6, 6.07) is 9.49. The standard InChI is InChI=1S/C18H18N3O2S.Na/c1-23-15-10-11-19-17-12(15)6-2-5-9-16(17)24(22)18-20-13-7-3-4-8-14(13)21-18;/h3-4,7-8,10-11,16H,2,5-6,9H2,1H3;/q-1;+1/t16-,24?;/m0./s1. The van der Waals surface area contributed by atoms with Gasteiger partial charge in [-0.05, 0) is 36.4 Å². The van der Waals surface area contributed by atoms with E-state index in [9.17, 15) is 4.21 Å². The molecule has 7 heteroatoms. The Hall–Kier alpha value is -1.21. The normalized spacial score (nSPS) is 18.0. The van der Waals surface area contributed by atoms with Crippen molar-refractivity contribution >= 4 is 21.8 Å². The molecule has 124 valence electrons. The number of benzene rings is 1. The van der Waals surface area contributed by atoms with Gasteiger partial charge in [0, 0.05) is 16.9 Å². The molecule has 2 heterocycles. The molecule has 4 rings (SSSR count). The number of pyridine rings is 1. The number of hydrogen-bond donors (Lipinski definition) is 0. The summed E-state index contributed by atoms with van der Waals surface area (Å²) in [7, 11) is 0.341. The first kappa shape index (κ1) is 18.6. The molecule has 0 saturated carbocycles. The molecule has 0 aliphatic heterocycles. The molecule has 25 heavy (non-hydrogen) atoms. The molecule has 0 saturated heterocycles. The van der Waals surface area contributed by atoms with Crippen LogP contribution in [0, 0.1) is 0 Å². The smallest absolute Gasteiger partial charge is 0.496 e. The molecule has 1 aliphatic rings. The maximum atomic E-state index is 13.2. The van der Waals surface area contributed by atoms with E-state index < -0.39 is 10.8 Å². The molecule has 0 spiro atoms. The zero-order valence-corrected chi connectivity index (χ0v) is 17.3. The summed E-state index contributed by atoms with van der Waals surface area (Å²) in [4.78, 5) is 13.5. The predicted octanol–water partition coefficient (Wildman–Crippen LogP) is 0.175. The fourth-order valence-electron chi connectivity index (χ4n) is 3.29. The molecular weight excluding hydrogens is 345 g/mol. The van der Waals surface area contributed by atoms with Crippen molar-refractivity contribution in [3.8, 4) is 5.75 Å². The molecule has 0 fully saturated rings. The molecule has 1 unspecified atom stereocenters. The second kappa shape index (κ2) is 7.99. The summed E-state index contributed by atoms with van der Waals surface area (Å²) < 4.78 is 18.7. The van der Waals surface area contributed by atoms with Crippen LogP contribution in [-0.2, 0) is 17.2 Å². The minimum Gasteiger partial charge on any atom is -0.496 e. The van der Waals surface area contributed by atoms with Crippen molar-refractivity contribution < 1.29 is 38.5 Å². The second-order valence-electron chi connectivity index (χ2n) is 5.90. The molecule has 0 radical (unpaired) electrons. The van der Waals surface area contributed by atoms with Crippen molar-refractivity contribution in [2.24, 2.45) is 0 Å². The first-order valence-electron chi connectivity index (χ1n) is 8.09. The van der Waals surface area contributed by atoms with Crippen LogP contribution in [0.25, 0.3) is 11.0 Å². The van der Waals surface area contributed by atoms with Crippen molar-refractivity contribution in [3.63, 3.8) is 0 Å². The average Bonchev–Trinajstić information content (AvgIpc) is 2.93. The Kier molecular flexibility index (Phi) is 5.94. The van der Waals surface area contributed by atoms with Crippen LogP contribution in [0.5, 0.6) is 5.75 Å².